The molecule has 1 aliphatic rings. The Morgan fingerprint density at radius 2 is 1.72 bits per heavy atom. The highest BCUT2D eigenvalue weighted by Crippen LogP contribution is 2.27. The molecule has 0 atom stereocenters. The molecule has 8 nitrogen and oxygen atoms in total. The van der Waals surface area contributed by atoms with E-state index in [0.29, 0.717) is 43.3 Å². The molecular weight excluding hydrogens is 392 g/mol. The van der Waals surface area contributed by atoms with E-state index in [4.69, 9.17) is 4.42 Å². The number of carbonyl (C=O) groups is 1. The van der Waals surface area contributed by atoms with Crippen molar-refractivity contribution in [2.45, 2.75) is 12.8 Å². The summed E-state index contributed by atoms with van der Waals surface area (Å²) in [4.78, 5) is 19.2. The van der Waals surface area contributed by atoms with E-state index in [1.54, 1.807) is 24.3 Å². The molecule has 1 saturated heterocycles. The third-order valence-electron chi connectivity index (χ3n) is 4.87. The molecular formula is C20H22N4O4S. The van der Waals surface area contributed by atoms with E-state index < -0.39 is 10.0 Å². The van der Waals surface area contributed by atoms with E-state index in [9.17, 15) is 13.2 Å². The maximum Gasteiger partial charge on any atom is 0.298 e. The van der Waals surface area contributed by atoms with Crippen molar-refractivity contribution in [2.24, 2.45) is 5.92 Å². The van der Waals surface area contributed by atoms with Gasteiger partial charge in [-0.3, -0.25) is 9.52 Å². The Morgan fingerprint density at radius 1 is 1.07 bits per heavy atom. The number of benzene rings is 2. The highest BCUT2D eigenvalue weighted by atomic mass is 32.2. The number of aromatic nitrogens is 1. The van der Waals surface area contributed by atoms with Crippen LogP contribution in [-0.2, 0) is 14.8 Å². The third-order valence-corrected chi connectivity index (χ3v) is 5.48. The zero-order chi connectivity index (χ0) is 20.4. The molecule has 2 heterocycles. The fourth-order valence-corrected chi connectivity index (χ4v) is 3.97. The molecule has 3 aromatic rings. The largest absolute Gasteiger partial charge is 0.423 e. The van der Waals surface area contributed by atoms with Crippen LogP contribution < -0.4 is 14.9 Å². The Hall–Kier alpha value is -3.07. The van der Waals surface area contributed by atoms with Gasteiger partial charge in [-0.25, -0.2) is 8.42 Å². The lowest BCUT2D eigenvalue weighted by atomic mass is 9.96. The Morgan fingerprint density at radius 3 is 2.38 bits per heavy atom. The standard InChI is InChI=1S/C20H22N4O4S/c1-29(26,27)23-16-8-6-15(7-9-16)21-19(25)14-10-12-24(13-11-14)20-22-17-4-2-3-5-18(17)28-20/h2-9,14,23H,10-13H2,1H3,(H,21,25). The molecule has 29 heavy (non-hydrogen) atoms. The number of nitrogens with zero attached hydrogens (tertiary/aromatic N) is 2. The fourth-order valence-electron chi connectivity index (χ4n) is 3.41. The van der Waals surface area contributed by atoms with Crippen LogP contribution in [0, 0.1) is 5.92 Å². The van der Waals surface area contributed by atoms with Gasteiger partial charge in [-0.1, -0.05) is 12.1 Å². The summed E-state index contributed by atoms with van der Waals surface area (Å²) in [6.07, 6.45) is 2.51. The van der Waals surface area contributed by atoms with E-state index in [2.05, 4.69) is 19.9 Å². The van der Waals surface area contributed by atoms with Crippen LogP contribution in [0.15, 0.2) is 52.9 Å². The molecule has 0 spiro atoms. The normalized spacial score (nSPS) is 15.4. The topological polar surface area (TPSA) is 105 Å². The van der Waals surface area contributed by atoms with Gasteiger partial charge in [-0.2, -0.15) is 4.98 Å². The molecule has 1 aliphatic heterocycles. The van der Waals surface area contributed by atoms with Crippen LogP contribution in [0.5, 0.6) is 0 Å². The van der Waals surface area contributed by atoms with Crippen molar-refractivity contribution in [1.29, 1.82) is 0 Å². The number of nitrogens with one attached hydrogen (secondary N) is 2. The first kappa shape index (κ1) is 19.3. The number of para-hydroxylation sites is 2. The molecule has 0 radical (unpaired) electrons. The summed E-state index contributed by atoms with van der Waals surface area (Å²) in [5.41, 5.74) is 2.68. The van der Waals surface area contributed by atoms with Crippen LogP contribution in [0.4, 0.5) is 17.4 Å². The molecule has 9 heteroatoms. The number of rotatable bonds is 5. The minimum atomic E-state index is -3.32. The van der Waals surface area contributed by atoms with Crippen molar-refractivity contribution < 1.29 is 17.6 Å². The van der Waals surface area contributed by atoms with Gasteiger partial charge in [0.15, 0.2) is 5.58 Å². The molecule has 2 aromatic carbocycles. The van der Waals surface area contributed by atoms with Gasteiger partial charge in [0.1, 0.15) is 5.52 Å². The molecule has 152 valence electrons. The molecule has 2 N–H and O–H groups in total. The van der Waals surface area contributed by atoms with Crippen molar-refractivity contribution in [3.05, 3.63) is 48.5 Å². The Kier molecular flexibility index (Phi) is 5.14. The van der Waals surface area contributed by atoms with E-state index in [0.717, 1.165) is 17.4 Å². The summed E-state index contributed by atoms with van der Waals surface area (Å²) >= 11 is 0. The SMILES string of the molecule is CS(=O)(=O)Nc1ccc(NC(=O)C2CCN(c3nc4ccccc4o3)CC2)cc1. The maximum atomic E-state index is 12.6. The molecule has 1 aromatic heterocycles. The summed E-state index contributed by atoms with van der Waals surface area (Å²) in [5.74, 6) is -0.129. The van der Waals surface area contributed by atoms with E-state index in [1.165, 1.54) is 0 Å². The van der Waals surface area contributed by atoms with Crippen molar-refractivity contribution in [3.63, 3.8) is 0 Å². The van der Waals surface area contributed by atoms with Gasteiger partial charge in [-0.15, -0.1) is 0 Å². The lowest BCUT2D eigenvalue weighted by Crippen LogP contribution is -2.38. The fraction of sp³-hybridized carbons (Fsp3) is 0.300. The second-order valence-electron chi connectivity index (χ2n) is 7.17. The Bertz CT molecular complexity index is 1080. The average molecular weight is 414 g/mol. The van der Waals surface area contributed by atoms with E-state index >= 15 is 0 Å². The van der Waals surface area contributed by atoms with E-state index in [-0.39, 0.29) is 11.8 Å². The molecule has 0 saturated carbocycles. The van der Waals surface area contributed by atoms with Crippen LogP contribution in [-0.4, -0.2) is 38.7 Å². The number of oxazole rings is 1. The highest BCUT2D eigenvalue weighted by molar-refractivity contribution is 7.92. The van der Waals surface area contributed by atoms with Crippen molar-refractivity contribution in [3.8, 4) is 0 Å². The maximum absolute atomic E-state index is 12.6. The molecule has 1 amide bonds. The number of hydrogen-bond acceptors (Lipinski definition) is 6. The second-order valence-corrected chi connectivity index (χ2v) is 8.91. The summed E-state index contributed by atoms with van der Waals surface area (Å²) in [6.45, 7) is 1.39. The average Bonchev–Trinajstić information content (AvgIpc) is 3.13. The molecule has 1 fully saturated rings. The predicted molar refractivity (Wildman–Crippen MR) is 112 cm³/mol. The number of amides is 1. The van der Waals surface area contributed by atoms with Crippen molar-refractivity contribution in [1.82, 2.24) is 4.98 Å². The Labute approximate surface area is 169 Å². The van der Waals surface area contributed by atoms with Crippen LogP contribution >= 0.6 is 0 Å². The number of piperidine rings is 1. The zero-order valence-electron chi connectivity index (χ0n) is 16.0. The number of sulfonamides is 1. The predicted octanol–water partition coefficient (Wildman–Crippen LogP) is 3.05. The molecule has 0 aliphatic carbocycles. The summed E-state index contributed by atoms with van der Waals surface area (Å²) in [5, 5.41) is 2.90. The van der Waals surface area contributed by atoms with Gasteiger partial charge in [0.2, 0.25) is 15.9 Å². The third kappa shape index (κ3) is 4.68. The van der Waals surface area contributed by atoms with Crippen molar-refractivity contribution >= 4 is 44.4 Å². The molecule has 4 rings (SSSR count). The van der Waals surface area contributed by atoms with Crippen LogP contribution in [0.3, 0.4) is 0 Å². The van der Waals surface area contributed by atoms with Gasteiger partial charge in [0.25, 0.3) is 6.01 Å². The second kappa shape index (κ2) is 7.75. The summed E-state index contributed by atoms with van der Waals surface area (Å²) in [7, 11) is -3.32. The van der Waals surface area contributed by atoms with E-state index in [1.807, 2.05) is 24.3 Å². The minimum Gasteiger partial charge on any atom is -0.423 e. The number of hydrogen-bond donors (Lipinski definition) is 2. The number of anilines is 3. The molecule has 0 unspecified atom stereocenters. The van der Waals surface area contributed by atoms with Crippen LogP contribution in [0.2, 0.25) is 0 Å². The van der Waals surface area contributed by atoms with Gasteiger partial charge in [-0.05, 0) is 49.2 Å². The molecule has 0 bridgehead atoms. The van der Waals surface area contributed by atoms with Gasteiger partial charge in [0.05, 0.1) is 6.26 Å². The number of carbonyl (C=O) groups excluding carboxylic acids is 1. The zero-order valence-corrected chi connectivity index (χ0v) is 16.8. The van der Waals surface area contributed by atoms with Gasteiger partial charge < -0.3 is 14.6 Å². The van der Waals surface area contributed by atoms with Crippen molar-refractivity contribution in [2.75, 3.05) is 34.3 Å². The summed E-state index contributed by atoms with van der Waals surface area (Å²) in [6, 6.07) is 14.8. The minimum absolute atomic E-state index is 0.0361. The number of fused-ring (bicyclic) bond motifs is 1. The first-order valence-corrected chi connectivity index (χ1v) is 11.3. The lowest BCUT2D eigenvalue weighted by molar-refractivity contribution is -0.120. The lowest BCUT2D eigenvalue weighted by Gasteiger charge is -2.30. The highest BCUT2D eigenvalue weighted by Gasteiger charge is 2.27. The first-order chi connectivity index (χ1) is 13.9. The monoisotopic (exact) mass is 414 g/mol. The van der Waals surface area contributed by atoms with Crippen LogP contribution in [0.1, 0.15) is 12.8 Å². The Balaban J connectivity index is 1.33. The summed E-state index contributed by atoms with van der Waals surface area (Å²) < 4.78 is 30.7. The van der Waals surface area contributed by atoms with Crippen LogP contribution in [0.25, 0.3) is 11.1 Å². The first-order valence-electron chi connectivity index (χ1n) is 9.37. The smallest absolute Gasteiger partial charge is 0.298 e. The quantitative estimate of drug-likeness (QED) is 0.665. The van der Waals surface area contributed by atoms with Gasteiger partial charge >= 0.3 is 0 Å². The van der Waals surface area contributed by atoms with Gasteiger partial charge in [0, 0.05) is 30.4 Å².